The van der Waals surface area contributed by atoms with E-state index in [0.717, 1.165) is 12.3 Å². The molecule has 1 aliphatic rings. The van der Waals surface area contributed by atoms with Gasteiger partial charge in [-0.25, -0.2) is 9.18 Å². The van der Waals surface area contributed by atoms with E-state index in [1.807, 2.05) is 0 Å². The fourth-order valence-electron chi connectivity index (χ4n) is 2.56. The third-order valence-electron chi connectivity index (χ3n) is 3.75. The van der Waals surface area contributed by atoms with Crippen LogP contribution in [0.4, 0.5) is 4.39 Å². The molecule has 3 rings (SSSR count). The van der Waals surface area contributed by atoms with Gasteiger partial charge in [-0.15, -0.1) is 0 Å². The zero-order chi connectivity index (χ0) is 17.3. The number of aromatic carboxylic acids is 1. The number of furan rings is 1. The minimum Gasteiger partial charge on any atom is -0.478 e. The number of hydrogen-bond acceptors (Lipinski definition) is 4. The van der Waals surface area contributed by atoms with Crippen molar-refractivity contribution >= 4 is 23.5 Å². The zero-order valence-electron chi connectivity index (χ0n) is 12.3. The molecule has 0 aliphatic carbocycles. The number of ether oxygens (including phenoxy) is 1. The maximum atomic E-state index is 13.6. The molecular weight excluding hydrogens is 341 g/mol. The highest BCUT2D eigenvalue weighted by molar-refractivity contribution is 6.30. The summed E-state index contributed by atoms with van der Waals surface area (Å²) in [6.07, 6.45) is 1.01. The molecule has 8 heteroatoms. The van der Waals surface area contributed by atoms with Gasteiger partial charge in [0.15, 0.2) is 5.76 Å². The molecule has 0 saturated carbocycles. The standard InChI is InChI=1S/C16H13ClFNO5/c17-10-2-1-8(5-11(10)18)14-12(3-4-23-14)19-15(20)13-6-9(7-24-13)16(21)22/h1-2,5-7,12,14H,3-4H2,(H,19,20)(H,21,22). The van der Waals surface area contributed by atoms with Crippen molar-refractivity contribution in [3.63, 3.8) is 0 Å². The third-order valence-corrected chi connectivity index (χ3v) is 4.06. The molecule has 1 aromatic carbocycles. The summed E-state index contributed by atoms with van der Waals surface area (Å²) in [4.78, 5) is 23.0. The van der Waals surface area contributed by atoms with Crippen LogP contribution in [0, 0.1) is 5.82 Å². The van der Waals surface area contributed by atoms with E-state index < -0.39 is 29.8 Å². The van der Waals surface area contributed by atoms with Gasteiger partial charge in [0, 0.05) is 12.7 Å². The molecule has 1 saturated heterocycles. The summed E-state index contributed by atoms with van der Waals surface area (Å²) in [5, 5.41) is 11.6. The molecule has 6 nitrogen and oxygen atoms in total. The van der Waals surface area contributed by atoms with Gasteiger partial charge < -0.3 is 19.6 Å². The topological polar surface area (TPSA) is 88.8 Å². The largest absolute Gasteiger partial charge is 0.478 e. The Hall–Kier alpha value is -2.38. The Morgan fingerprint density at radius 3 is 2.79 bits per heavy atom. The highest BCUT2D eigenvalue weighted by atomic mass is 35.5. The summed E-state index contributed by atoms with van der Waals surface area (Å²) in [6, 6.07) is 5.09. The second-order valence-electron chi connectivity index (χ2n) is 5.34. The summed E-state index contributed by atoms with van der Waals surface area (Å²) in [5.41, 5.74) is 0.449. The van der Waals surface area contributed by atoms with Crippen molar-refractivity contribution < 1.29 is 28.2 Å². The van der Waals surface area contributed by atoms with E-state index >= 15 is 0 Å². The van der Waals surface area contributed by atoms with Gasteiger partial charge in [-0.05, 0) is 24.1 Å². The van der Waals surface area contributed by atoms with E-state index in [1.54, 1.807) is 6.07 Å². The third kappa shape index (κ3) is 3.27. The summed E-state index contributed by atoms with van der Waals surface area (Å²) in [7, 11) is 0. The summed E-state index contributed by atoms with van der Waals surface area (Å²) >= 11 is 5.67. The van der Waals surface area contributed by atoms with E-state index in [0.29, 0.717) is 18.6 Å². The molecule has 1 aromatic heterocycles. The molecule has 2 aromatic rings. The number of hydrogen-bond donors (Lipinski definition) is 2. The van der Waals surface area contributed by atoms with Crippen molar-refractivity contribution in [2.24, 2.45) is 0 Å². The lowest BCUT2D eigenvalue weighted by molar-refractivity contribution is 0.0695. The lowest BCUT2D eigenvalue weighted by Gasteiger charge is -2.20. The second-order valence-corrected chi connectivity index (χ2v) is 5.75. The maximum absolute atomic E-state index is 13.6. The fraction of sp³-hybridized carbons (Fsp3) is 0.250. The van der Waals surface area contributed by atoms with Crippen LogP contribution in [-0.4, -0.2) is 29.6 Å². The highest BCUT2D eigenvalue weighted by Gasteiger charge is 2.32. The van der Waals surface area contributed by atoms with Crippen LogP contribution in [-0.2, 0) is 4.74 Å². The van der Waals surface area contributed by atoms with Gasteiger partial charge in [0.2, 0.25) is 0 Å². The van der Waals surface area contributed by atoms with Gasteiger partial charge >= 0.3 is 5.97 Å². The smallest absolute Gasteiger partial charge is 0.338 e. The predicted octanol–water partition coefficient (Wildman–Crippen LogP) is 3.03. The van der Waals surface area contributed by atoms with Crippen LogP contribution < -0.4 is 5.32 Å². The van der Waals surface area contributed by atoms with Crippen molar-refractivity contribution in [2.75, 3.05) is 6.61 Å². The van der Waals surface area contributed by atoms with Crippen LogP contribution in [0.1, 0.15) is 39.0 Å². The quantitative estimate of drug-likeness (QED) is 0.882. The molecule has 2 atom stereocenters. The molecular formula is C16H13ClFNO5. The Morgan fingerprint density at radius 1 is 1.33 bits per heavy atom. The number of carboxylic acid groups (broad SMARTS) is 1. The summed E-state index contributed by atoms with van der Waals surface area (Å²) < 4.78 is 24.2. The van der Waals surface area contributed by atoms with Crippen LogP contribution in [0.15, 0.2) is 34.9 Å². The normalized spacial score (nSPS) is 20.1. The fourth-order valence-corrected chi connectivity index (χ4v) is 2.68. The molecule has 1 amide bonds. The first-order valence-corrected chi connectivity index (χ1v) is 7.52. The van der Waals surface area contributed by atoms with Gasteiger partial charge in [0.05, 0.1) is 16.6 Å². The lowest BCUT2D eigenvalue weighted by Crippen LogP contribution is -2.36. The molecule has 24 heavy (non-hydrogen) atoms. The second kappa shape index (κ2) is 6.62. The monoisotopic (exact) mass is 353 g/mol. The van der Waals surface area contributed by atoms with E-state index in [1.165, 1.54) is 12.1 Å². The van der Waals surface area contributed by atoms with Crippen molar-refractivity contribution in [2.45, 2.75) is 18.6 Å². The summed E-state index contributed by atoms with van der Waals surface area (Å²) in [5.74, 6) is -2.42. The van der Waals surface area contributed by atoms with Crippen molar-refractivity contribution in [3.05, 3.63) is 58.3 Å². The summed E-state index contributed by atoms with van der Waals surface area (Å²) in [6.45, 7) is 0.401. The van der Waals surface area contributed by atoms with Crippen LogP contribution in [0.3, 0.4) is 0 Å². The van der Waals surface area contributed by atoms with Crippen LogP contribution in [0.5, 0.6) is 0 Å². The Morgan fingerprint density at radius 2 is 2.12 bits per heavy atom. The number of rotatable bonds is 4. The SMILES string of the molecule is O=C(O)c1coc(C(=O)NC2CCOC2c2ccc(Cl)c(F)c2)c1. The first-order chi connectivity index (χ1) is 11.5. The molecule has 1 aliphatic heterocycles. The Bertz CT molecular complexity index is 791. The van der Waals surface area contributed by atoms with Crippen molar-refractivity contribution in [1.29, 1.82) is 0 Å². The number of nitrogens with one attached hydrogen (secondary N) is 1. The van der Waals surface area contributed by atoms with Gasteiger partial charge in [-0.3, -0.25) is 4.79 Å². The molecule has 1 fully saturated rings. The van der Waals surface area contributed by atoms with Gasteiger partial charge in [-0.2, -0.15) is 0 Å². The number of amides is 1. The van der Waals surface area contributed by atoms with Crippen LogP contribution in [0.25, 0.3) is 0 Å². The van der Waals surface area contributed by atoms with Gasteiger partial charge in [-0.1, -0.05) is 17.7 Å². The molecule has 0 spiro atoms. The van der Waals surface area contributed by atoms with Crippen LogP contribution >= 0.6 is 11.6 Å². The van der Waals surface area contributed by atoms with Crippen LogP contribution in [0.2, 0.25) is 5.02 Å². The molecule has 0 bridgehead atoms. The minimum atomic E-state index is -1.18. The number of carboxylic acids is 1. The first-order valence-electron chi connectivity index (χ1n) is 7.15. The maximum Gasteiger partial charge on any atom is 0.338 e. The Balaban J connectivity index is 1.74. The van der Waals surface area contributed by atoms with E-state index in [2.05, 4.69) is 5.32 Å². The molecule has 0 radical (unpaired) electrons. The minimum absolute atomic E-state index is 0.00844. The highest BCUT2D eigenvalue weighted by Crippen LogP contribution is 2.31. The Labute approximate surface area is 141 Å². The lowest BCUT2D eigenvalue weighted by atomic mass is 10.0. The van der Waals surface area contributed by atoms with Gasteiger partial charge in [0.1, 0.15) is 18.2 Å². The van der Waals surface area contributed by atoms with Crippen molar-refractivity contribution in [1.82, 2.24) is 5.32 Å². The molecule has 2 unspecified atom stereocenters. The van der Waals surface area contributed by atoms with Crippen molar-refractivity contribution in [3.8, 4) is 0 Å². The Kier molecular flexibility index (Phi) is 4.55. The number of carbonyl (C=O) groups is 2. The number of carbonyl (C=O) groups excluding carboxylic acids is 1. The molecule has 2 N–H and O–H groups in total. The van der Waals surface area contributed by atoms with E-state index in [9.17, 15) is 14.0 Å². The predicted molar refractivity (Wildman–Crippen MR) is 81.6 cm³/mol. The zero-order valence-corrected chi connectivity index (χ0v) is 13.0. The van der Waals surface area contributed by atoms with E-state index in [-0.39, 0.29) is 16.3 Å². The average Bonchev–Trinajstić information content (AvgIpc) is 3.19. The average molecular weight is 354 g/mol. The number of benzene rings is 1. The molecule has 126 valence electrons. The molecule has 2 heterocycles. The van der Waals surface area contributed by atoms with E-state index in [4.69, 9.17) is 25.9 Å². The first kappa shape index (κ1) is 16.5. The number of halogens is 2. The van der Waals surface area contributed by atoms with Gasteiger partial charge in [0.25, 0.3) is 5.91 Å².